The minimum Gasteiger partial charge on any atom is -0.381 e. The maximum atomic E-state index is 13.6. The van der Waals surface area contributed by atoms with Crippen molar-refractivity contribution in [2.24, 2.45) is 0 Å². The number of nitrogens with zero attached hydrogens (tertiary/aromatic N) is 1. The summed E-state index contributed by atoms with van der Waals surface area (Å²) in [7, 11) is -3.42. The Balaban J connectivity index is 1.91. The number of nitrogens with one attached hydrogen (secondary N) is 1. The predicted octanol–water partition coefficient (Wildman–Crippen LogP) is 2.29. The summed E-state index contributed by atoms with van der Waals surface area (Å²) < 4.78 is 70.7. The Morgan fingerprint density at radius 1 is 1.28 bits per heavy atom. The second-order valence-corrected chi connectivity index (χ2v) is 9.53. The second kappa shape index (κ2) is 8.23. The van der Waals surface area contributed by atoms with Crippen LogP contribution in [0.3, 0.4) is 0 Å². The number of ether oxygens (including phenoxy) is 1. The summed E-state index contributed by atoms with van der Waals surface area (Å²) in [5.74, 6) is -0.264. The molecule has 1 unspecified atom stereocenters. The molecule has 2 saturated heterocycles. The zero-order valence-corrected chi connectivity index (χ0v) is 17.0. The molecule has 1 aromatic carbocycles. The molecule has 2 fully saturated rings. The monoisotopic (exact) mass is 434 g/mol. The Morgan fingerprint density at radius 2 is 1.97 bits per heavy atom. The molecule has 29 heavy (non-hydrogen) atoms. The number of piperidine rings is 1. The number of rotatable bonds is 4. The summed E-state index contributed by atoms with van der Waals surface area (Å²) in [5.41, 5.74) is -1.56. The van der Waals surface area contributed by atoms with Gasteiger partial charge in [0.1, 0.15) is 0 Å². The third kappa shape index (κ3) is 5.10. The van der Waals surface area contributed by atoms with Crippen LogP contribution >= 0.6 is 0 Å². The number of benzene rings is 1. The summed E-state index contributed by atoms with van der Waals surface area (Å²) >= 11 is 0. The molecule has 0 bridgehead atoms. The molecule has 2 aliphatic rings. The first-order chi connectivity index (χ1) is 13.5. The zero-order valence-electron chi connectivity index (χ0n) is 16.2. The number of hydrogen-bond acceptors (Lipinski definition) is 4. The van der Waals surface area contributed by atoms with E-state index in [9.17, 15) is 26.4 Å². The van der Waals surface area contributed by atoms with Gasteiger partial charge < -0.3 is 9.64 Å². The van der Waals surface area contributed by atoms with Crippen LogP contribution in [-0.4, -0.2) is 57.8 Å². The van der Waals surface area contributed by atoms with E-state index in [1.807, 2.05) is 0 Å². The number of halogens is 3. The molecular weight excluding hydrogens is 409 g/mol. The van der Waals surface area contributed by atoms with Gasteiger partial charge in [-0.15, -0.1) is 0 Å². The lowest BCUT2D eigenvalue weighted by atomic mass is 9.72. The number of amides is 1. The van der Waals surface area contributed by atoms with Gasteiger partial charge in [0.05, 0.1) is 17.2 Å². The first-order valence-corrected chi connectivity index (χ1v) is 11.4. The average molecular weight is 434 g/mol. The molecule has 0 spiro atoms. The lowest BCUT2D eigenvalue weighted by Crippen LogP contribution is -2.56. The molecule has 1 atom stereocenters. The average Bonchev–Trinajstić information content (AvgIpc) is 2.66. The van der Waals surface area contributed by atoms with Crippen LogP contribution in [0.5, 0.6) is 0 Å². The van der Waals surface area contributed by atoms with Crippen molar-refractivity contribution >= 4 is 15.9 Å². The van der Waals surface area contributed by atoms with E-state index in [1.165, 1.54) is 6.07 Å². The van der Waals surface area contributed by atoms with Crippen molar-refractivity contribution in [2.45, 2.75) is 43.3 Å². The molecular formula is C19H25F3N2O4S. The van der Waals surface area contributed by atoms with Gasteiger partial charge in [0.2, 0.25) is 15.9 Å². The van der Waals surface area contributed by atoms with Gasteiger partial charge in [0, 0.05) is 32.3 Å². The smallest absolute Gasteiger partial charge is 0.381 e. The van der Waals surface area contributed by atoms with Crippen molar-refractivity contribution in [3.05, 3.63) is 35.4 Å². The van der Waals surface area contributed by atoms with Crippen molar-refractivity contribution in [1.29, 1.82) is 0 Å². The highest BCUT2D eigenvalue weighted by molar-refractivity contribution is 7.88. The second-order valence-electron chi connectivity index (χ2n) is 7.75. The standard InChI is InChI=1S/C19H25F3N2O4S/c1-29(26,27)23-16-6-3-9-24(13-16)17(25)18(7-10-28-11-8-18)14-4-2-5-15(12-14)19(20,21)22/h2,4-5,12,16,23H,3,6-11,13H2,1H3. The summed E-state index contributed by atoms with van der Waals surface area (Å²) in [4.78, 5) is 15.1. The summed E-state index contributed by atoms with van der Waals surface area (Å²) in [6.07, 6.45) is -1.64. The Bertz CT molecular complexity index is 851. The van der Waals surface area contributed by atoms with Gasteiger partial charge in [-0.3, -0.25) is 4.79 Å². The summed E-state index contributed by atoms with van der Waals surface area (Å²) in [6, 6.07) is 4.54. The van der Waals surface area contributed by atoms with Crippen LogP contribution < -0.4 is 4.72 Å². The fraction of sp³-hybridized carbons (Fsp3) is 0.632. The highest BCUT2D eigenvalue weighted by Crippen LogP contribution is 2.40. The van der Waals surface area contributed by atoms with E-state index in [0.29, 0.717) is 24.9 Å². The SMILES string of the molecule is CS(=O)(=O)NC1CCCN(C(=O)C2(c3cccc(C(F)(F)F)c3)CCOCC2)C1. The molecule has 0 saturated carbocycles. The van der Waals surface area contributed by atoms with E-state index in [4.69, 9.17) is 4.74 Å². The molecule has 6 nitrogen and oxygen atoms in total. The fourth-order valence-electron chi connectivity index (χ4n) is 4.20. The zero-order chi connectivity index (χ0) is 21.3. The number of sulfonamides is 1. The van der Waals surface area contributed by atoms with Gasteiger partial charge in [-0.2, -0.15) is 13.2 Å². The lowest BCUT2D eigenvalue weighted by molar-refractivity contribution is -0.143. The number of hydrogen-bond donors (Lipinski definition) is 1. The van der Waals surface area contributed by atoms with Gasteiger partial charge in [-0.05, 0) is 37.3 Å². The lowest BCUT2D eigenvalue weighted by Gasteiger charge is -2.43. The number of carbonyl (C=O) groups is 1. The summed E-state index contributed by atoms with van der Waals surface area (Å²) in [6.45, 7) is 1.21. The number of carbonyl (C=O) groups excluding carboxylic acids is 1. The van der Waals surface area contributed by atoms with Crippen LogP contribution in [0.15, 0.2) is 24.3 Å². The molecule has 162 valence electrons. The molecule has 10 heteroatoms. The van der Waals surface area contributed by atoms with Gasteiger partial charge >= 0.3 is 6.18 Å². The van der Waals surface area contributed by atoms with E-state index in [1.54, 1.807) is 11.0 Å². The van der Waals surface area contributed by atoms with E-state index in [2.05, 4.69) is 4.72 Å². The van der Waals surface area contributed by atoms with Crippen LogP contribution in [0.1, 0.15) is 36.8 Å². The van der Waals surface area contributed by atoms with Crippen molar-refractivity contribution in [3.63, 3.8) is 0 Å². The number of likely N-dealkylation sites (tertiary alicyclic amines) is 1. The molecule has 1 aromatic rings. The largest absolute Gasteiger partial charge is 0.416 e. The van der Waals surface area contributed by atoms with Crippen LogP contribution in [0.2, 0.25) is 0 Å². The third-order valence-corrected chi connectivity index (χ3v) is 6.35. The molecule has 1 amide bonds. The fourth-order valence-corrected chi connectivity index (χ4v) is 5.00. The van der Waals surface area contributed by atoms with Crippen LogP contribution in [0, 0.1) is 0 Å². The minimum atomic E-state index is -4.50. The van der Waals surface area contributed by atoms with Crippen LogP contribution in [-0.2, 0) is 31.1 Å². The maximum absolute atomic E-state index is 13.6. The predicted molar refractivity (Wildman–Crippen MR) is 101 cm³/mol. The topological polar surface area (TPSA) is 75.7 Å². The quantitative estimate of drug-likeness (QED) is 0.789. The Kier molecular flexibility index (Phi) is 6.26. The maximum Gasteiger partial charge on any atom is 0.416 e. The van der Waals surface area contributed by atoms with Crippen molar-refractivity contribution in [1.82, 2.24) is 9.62 Å². The van der Waals surface area contributed by atoms with Gasteiger partial charge in [0.15, 0.2) is 0 Å². The highest BCUT2D eigenvalue weighted by atomic mass is 32.2. The van der Waals surface area contributed by atoms with Gasteiger partial charge in [0.25, 0.3) is 0 Å². The minimum absolute atomic E-state index is 0.202. The molecule has 1 N–H and O–H groups in total. The van der Waals surface area contributed by atoms with E-state index in [0.717, 1.165) is 18.4 Å². The van der Waals surface area contributed by atoms with Gasteiger partial charge in [-0.1, -0.05) is 18.2 Å². The van der Waals surface area contributed by atoms with Crippen LogP contribution in [0.25, 0.3) is 0 Å². The molecule has 2 heterocycles. The molecule has 0 radical (unpaired) electrons. The Labute approximate surface area is 168 Å². The van der Waals surface area contributed by atoms with Crippen molar-refractivity contribution in [2.75, 3.05) is 32.6 Å². The first kappa shape index (κ1) is 22.0. The Hall–Kier alpha value is -1.65. The molecule has 2 aliphatic heterocycles. The number of alkyl halides is 3. The molecule has 0 aliphatic carbocycles. The third-order valence-electron chi connectivity index (χ3n) is 5.59. The van der Waals surface area contributed by atoms with E-state index in [-0.39, 0.29) is 38.5 Å². The molecule has 0 aromatic heterocycles. The normalized spacial score (nSPS) is 23.0. The van der Waals surface area contributed by atoms with E-state index >= 15 is 0 Å². The van der Waals surface area contributed by atoms with Crippen LogP contribution in [0.4, 0.5) is 13.2 Å². The molecule has 3 rings (SSSR count). The van der Waals surface area contributed by atoms with E-state index < -0.39 is 33.2 Å². The summed E-state index contributed by atoms with van der Waals surface area (Å²) in [5, 5.41) is 0. The Morgan fingerprint density at radius 3 is 2.59 bits per heavy atom. The highest BCUT2D eigenvalue weighted by Gasteiger charge is 2.46. The van der Waals surface area contributed by atoms with Crippen molar-refractivity contribution in [3.8, 4) is 0 Å². The van der Waals surface area contributed by atoms with Gasteiger partial charge in [-0.25, -0.2) is 13.1 Å². The first-order valence-electron chi connectivity index (χ1n) is 9.53. The van der Waals surface area contributed by atoms with Crippen molar-refractivity contribution < 1.29 is 31.1 Å².